The number of rotatable bonds is 6. The fraction of sp³-hybridized carbons (Fsp3) is 0.905. The van der Waals surface area contributed by atoms with Gasteiger partial charge in [0.1, 0.15) is 0 Å². The maximum absolute atomic E-state index is 7.19. The van der Waals surface area contributed by atoms with Crippen LogP contribution in [0.5, 0.6) is 0 Å². The van der Waals surface area contributed by atoms with Crippen molar-refractivity contribution in [2.75, 3.05) is 0 Å². The van der Waals surface area contributed by atoms with Crippen molar-refractivity contribution in [1.82, 2.24) is 4.57 Å². The summed E-state index contributed by atoms with van der Waals surface area (Å²) in [6.45, 7) is 18.7. The van der Waals surface area contributed by atoms with Crippen molar-refractivity contribution in [2.45, 2.75) is 122 Å². The first-order valence-electron chi connectivity index (χ1n) is 10.7. The van der Waals surface area contributed by atoms with Crippen LogP contribution in [-0.4, -0.2) is 33.4 Å². The fourth-order valence-corrected chi connectivity index (χ4v) is 12.9. The molecule has 0 bridgehead atoms. The molecule has 0 saturated heterocycles. The van der Waals surface area contributed by atoms with E-state index < -0.39 is 16.8 Å². The topological polar surface area (TPSA) is 12.5 Å². The van der Waals surface area contributed by atoms with Crippen LogP contribution < -0.4 is 0 Å². The Balaban J connectivity index is 2.31. The summed E-state index contributed by atoms with van der Waals surface area (Å²) in [5.41, 5.74) is 2.26. The molecule has 2 rings (SSSR count). The quantitative estimate of drug-likeness (QED) is 0.470. The third-order valence-corrected chi connectivity index (χ3v) is 16.9. The van der Waals surface area contributed by atoms with E-state index in [1.165, 1.54) is 64.2 Å². The molecule has 0 aliphatic heterocycles. The molecular weight excluding hydrogens is 338 g/mol. The summed E-state index contributed by atoms with van der Waals surface area (Å²) in [6, 6.07) is 1.47. The van der Waals surface area contributed by atoms with Gasteiger partial charge in [0.2, 0.25) is 0 Å². The number of nitrogens with zero attached hydrogens (tertiary/aromatic N) is 1. The van der Waals surface area contributed by atoms with E-state index in [0.29, 0.717) is 0 Å². The van der Waals surface area contributed by atoms with Crippen molar-refractivity contribution >= 4 is 16.8 Å². The Morgan fingerprint density at radius 2 is 1.24 bits per heavy atom. The Bertz CT molecular complexity index is 416. The van der Waals surface area contributed by atoms with Crippen LogP contribution in [0.1, 0.15) is 85.0 Å². The van der Waals surface area contributed by atoms with Gasteiger partial charge < -0.3 is 4.12 Å². The first-order chi connectivity index (χ1) is 11.6. The van der Waals surface area contributed by atoms with Gasteiger partial charge in [0.05, 0.1) is 0 Å². The average molecular weight is 382 g/mol. The van der Waals surface area contributed by atoms with Crippen LogP contribution in [0.15, 0.2) is 12.3 Å². The van der Waals surface area contributed by atoms with E-state index in [4.69, 9.17) is 4.12 Å². The van der Waals surface area contributed by atoms with E-state index in [1.807, 2.05) is 0 Å². The summed E-state index contributed by atoms with van der Waals surface area (Å²) >= 11 is 0. The summed E-state index contributed by atoms with van der Waals surface area (Å²) in [5.74, 6) is 0. The SMILES string of the molecule is C=C[Si](C)(O[Si](C)(C)C(C)(C)C)N(C1CCCCC1)C1CCCCC1. The molecular formula is C21H43NOSi2. The van der Waals surface area contributed by atoms with Crippen LogP contribution in [0, 0.1) is 0 Å². The summed E-state index contributed by atoms with van der Waals surface area (Å²) in [5, 5.41) is 0.259. The van der Waals surface area contributed by atoms with Gasteiger partial charge in [-0.05, 0) is 50.4 Å². The lowest BCUT2D eigenvalue weighted by Crippen LogP contribution is -2.65. The minimum Gasteiger partial charge on any atom is -0.441 e. The number of hydrogen-bond donors (Lipinski definition) is 0. The molecule has 0 aromatic carbocycles. The first kappa shape index (κ1) is 21.4. The van der Waals surface area contributed by atoms with Crippen molar-refractivity contribution in [3.8, 4) is 0 Å². The second-order valence-electron chi connectivity index (χ2n) is 10.1. The van der Waals surface area contributed by atoms with Crippen LogP contribution in [0.2, 0.25) is 24.7 Å². The lowest BCUT2D eigenvalue weighted by Gasteiger charge is -2.53. The lowest BCUT2D eigenvalue weighted by molar-refractivity contribution is 0.142. The molecule has 2 aliphatic rings. The monoisotopic (exact) mass is 381 g/mol. The Kier molecular flexibility index (Phi) is 7.20. The molecule has 0 heterocycles. The molecule has 146 valence electrons. The highest BCUT2D eigenvalue weighted by Gasteiger charge is 2.49. The van der Waals surface area contributed by atoms with Gasteiger partial charge in [-0.3, -0.25) is 4.57 Å². The second-order valence-corrected chi connectivity index (χ2v) is 18.5. The first-order valence-corrected chi connectivity index (χ1v) is 16.1. The maximum Gasteiger partial charge on any atom is 0.283 e. The van der Waals surface area contributed by atoms with Crippen LogP contribution in [0.4, 0.5) is 0 Å². The molecule has 0 N–H and O–H groups in total. The third-order valence-electron chi connectivity index (χ3n) is 7.10. The normalized spacial score (nSPS) is 24.3. The predicted molar refractivity (Wildman–Crippen MR) is 116 cm³/mol. The van der Waals surface area contributed by atoms with Gasteiger partial charge >= 0.3 is 0 Å². The van der Waals surface area contributed by atoms with E-state index in [1.54, 1.807) is 0 Å². The number of hydrogen-bond acceptors (Lipinski definition) is 2. The van der Waals surface area contributed by atoms with Crippen LogP contribution in [0.25, 0.3) is 0 Å². The molecule has 0 aromatic heterocycles. The average Bonchev–Trinajstić information content (AvgIpc) is 2.55. The van der Waals surface area contributed by atoms with Crippen molar-refractivity contribution in [3.63, 3.8) is 0 Å². The maximum atomic E-state index is 7.19. The summed E-state index contributed by atoms with van der Waals surface area (Å²) in [7, 11) is -3.92. The molecule has 2 fully saturated rings. The second kappa shape index (κ2) is 8.41. The van der Waals surface area contributed by atoms with Gasteiger partial charge in [-0.2, -0.15) is 0 Å². The van der Waals surface area contributed by atoms with Gasteiger partial charge in [-0.1, -0.05) is 65.0 Å². The van der Waals surface area contributed by atoms with Gasteiger partial charge in [0.25, 0.3) is 8.48 Å². The molecule has 2 nitrogen and oxygen atoms in total. The summed E-state index contributed by atoms with van der Waals surface area (Å²) < 4.78 is 10.1. The van der Waals surface area contributed by atoms with Crippen LogP contribution >= 0.6 is 0 Å². The molecule has 25 heavy (non-hydrogen) atoms. The Morgan fingerprint density at radius 3 is 1.56 bits per heavy atom. The Labute approximate surface area is 159 Å². The molecule has 0 aromatic rings. The van der Waals surface area contributed by atoms with E-state index in [9.17, 15) is 0 Å². The minimum absolute atomic E-state index is 0.259. The summed E-state index contributed by atoms with van der Waals surface area (Å²) in [4.78, 5) is 0. The van der Waals surface area contributed by atoms with E-state index in [2.05, 4.69) is 57.3 Å². The molecule has 0 amide bonds. The Hall–Kier alpha value is 0.0938. The third kappa shape index (κ3) is 5.08. The zero-order valence-electron chi connectivity index (χ0n) is 17.9. The van der Waals surface area contributed by atoms with Crippen LogP contribution in [-0.2, 0) is 4.12 Å². The highest BCUT2D eigenvalue weighted by Crippen LogP contribution is 2.42. The predicted octanol–water partition coefficient (Wildman–Crippen LogP) is 6.77. The molecule has 1 unspecified atom stereocenters. The van der Waals surface area contributed by atoms with Gasteiger partial charge in [-0.25, -0.2) is 0 Å². The Morgan fingerprint density at radius 1 is 0.840 bits per heavy atom. The molecule has 1 atom stereocenters. The van der Waals surface area contributed by atoms with Crippen molar-refractivity contribution in [3.05, 3.63) is 12.3 Å². The van der Waals surface area contributed by atoms with Crippen molar-refractivity contribution in [1.29, 1.82) is 0 Å². The van der Waals surface area contributed by atoms with Crippen LogP contribution in [0.3, 0.4) is 0 Å². The van der Waals surface area contributed by atoms with E-state index >= 15 is 0 Å². The molecule has 0 spiro atoms. The van der Waals surface area contributed by atoms with E-state index in [0.717, 1.165) is 12.1 Å². The molecule has 2 aliphatic carbocycles. The zero-order chi connectivity index (χ0) is 18.7. The highest BCUT2D eigenvalue weighted by atomic mass is 28.4. The van der Waals surface area contributed by atoms with Crippen molar-refractivity contribution < 1.29 is 4.12 Å². The fourth-order valence-electron chi connectivity index (χ4n) is 4.61. The highest BCUT2D eigenvalue weighted by molar-refractivity contribution is 6.87. The van der Waals surface area contributed by atoms with E-state index in [-0.39, 0.29) is 5.04 Å². The minimum atomic E-state index is -2.11. The smallest absolute Gasteiger partial charge is 0.283 e. The molecule has 4 heteroatoms. The largest absolute Gasteiger partial charge is 0.441 e. The van der Waals surface area contributed by atoms with Gasteiger partial charge in [0, 0.05) is 12.1 Å². The van der Waals surface area contributed by atoms with Gasteiger partial charge in [-0.15, -0.1) is 6.58 Å². The standard InChI is InChI=1S/C21H43NOSi2/c1-8-25(7,23-24(5,6)21(2,3)4)22(19-15-11-9-12-16-19)20-17-13-10-14-18-20/h8,19-20H,1,9-18H2,2-7H3. The van der Waals surface area contributed by atoms with Crippen molar-refractivity contribution in [2.24, 2.45) is 0 Å². The molecule has 0 radical (unpaired) electrons. The van der Waals surface area contributed by atoms with Gasteiger partial charge in [0.15, 0.2) is 8.32 Å². The molecule has 2 saturated carbocycles. The lowest BCUT2D eigenvalue weighted by atomic mass is 9.91. The zero-order valence-corrected chi connectivity index (χ0v) is 19.9. The summed E-state index contributed by atoms with van der Waals surface area (Å²) in [6.07, 6.45) is 13.9.